The molecule has 0 aliphatic heterocycles. The van der Waals surface area contributed by atoms with E-state index in [1.54, 1.807) is 0 Å². The summed E-state index contributed by atoms with van der Waals surface area (Å²) in [6.45, 7) is 2.27. The summed E-state index contributed by atoms with van der Waals surface area (Å²) in [4.78, 5) is 0. The van der Waals surface area contributed by atoms with Gasteiger partial charge in [0.15, 0.2) is 0 Å². The van der Waals surface area contributed by atoms with Gasteiger partial charge in [0.25, 0.3) is 0 Å². The maximum atomic E-state index is 6.64. The summed E-state index contributed by atoms with van der Waals surface area (Å²) in [5.41, 5.74) is 9.31. The van der Waals surface area contributed by atoms with E-state index in [0.29, 0.717) is 5.92 Å². The van der Waals surface area contributed by atoms with Crippen molar-refractivity contribution in [2.45, 2.75) is 70.3 Å². The second kappa shape index (κ2) is 12.7. The Hall–Kier alpha value is -1.64. The molecule has 0 aliphatic rings. The molecular formula is C23H35NO. The van der Waals surface area contributed by atoms with E-state index in [1.807, 2.05) is 0 Å². The largest absolute Gasteiger partial charge is 0.412 e. The fourth-order valence-electron chi connectivity index (χ4n) is 3.51. The Morgan fingerprint density at radius 2 is 1.12 bits per heavy atom. The van der Waals surface area contributed by atoms with Crippen molar-refractivity contribution in [1.82, 2.24) is 0 Å². The maximum absolute atomic E-state index is 6.64. The van der Waals surface area contributed by atoms with Gasteiger partial charge in [0.1, 0.15) is 0 Å². The van der Waals surface area contributed by atoms with Crippen LogP contribution in [0.15, 0.2) is 60.7 Å². The molecule has 138 valence electrons. The topological polar surface area (TPSA) is 57.5 Å². The van der Waals surface area contributed by atoms with Gasteiger partial charge in [-0.05, 0) is 17.5 Å². The molecule has 25 heavy (non-hydrogen) atoms. The summed E-state index contributed by atoms with van der Waals surface area (Å²) >= 11 is 0. The molecule has 0 aliphatic carbocycles. The molecule has 2 nitrogen and oxygen atoms in total. The maximum Gasteiger partial charge on any atom is 0.0241 e. The average Bonchev–Trinajstić information content (AvgIpc) is 2.63. The van der Waals surface area contributed by atoms with Gasteiger partial charge in [-0.2, -0.15) is 0 Å². The number of unbranched alkanes of at least 4 members (excludes halogenated alkanes) is 6. The monoisotopic (exact) mass is 341 g/mol. The fraction of sp³-hybridized carbons (Fsp3) is 0.478. The Labute approximate surface area is 153 Å². The Balaban J connectivity index is 0.00000312. The molecule has 0 heterocycles. The van der Waals surface area contributed by atoms with Crippen LogP contribution in [-0.2, 0) is 0 Å². The fourth-order valence-corrected chi connectivity index (χ4v) is 3.51. The van der Waals surface area contributed by atoms with E-state index in [-0.39, 0.29) is 11.5 Å². The van der Waals surface area contributed by atoms with Crippen molar-refractivity contribution in [2.24, 2.45) is 5.73 Å². The predicted molar refractivity (Wildman–Crippen MR) is 109 cm³/mol. The number of benzene rings is 2. The van der Waals surface area contributed by atoms with Crippen molar-refractivity contribution in [3.8, 4) is 0 Å². The van der Waals surface area contributed by atoms with Gasteiger partial charge in [0.2, 0.25) is 0 Å². The van der Waals surface area contributed by atoms with Gasteiger partial charge in [0, 0.05) is 12.0 Å². The highest BCUT2D eigenvalue weighted by Gasteiger charge is 2.21. The molecule has 0 spiro atoms. The van der Waals surface area contributed by atoms with Crippen LogP contribution in [0, 0.1) is 0 Å². The van der Waals surface area contributed by atoms with Gasteiger partial charge in [-0.15, -0.1) is 0 Å². The predicted octanol–water partition coefficient (Wildman–Crippen LogP) is 5.46. The Bertz CT molecular complexity index is 501. The average molecular weight is 342 g/mol. The molecular weight excluding hydrogens is 306 g/mol. The molecule has 0 amide bonds. The van der Waals surface area contributed by atoms with Crippen molar-refractivity contribution >= 4 is 0 Å². The van der Waals surface area contributed by atoms with Crippen LogP contribution < -0.4 is 5.73 Å². The lowest BCUT2D eigenvalue weighted by Gasteiger charge is -2.25. The highest BCUT2D eigenvalue weighted by molar-refractivity contribution is 5.34. The van der Waals surface area contributed by atoms with E-state index >= 15 is 0 Å². The highest BCUT2D eigenvalue weighted by atomic mass is 16.0. The van der Waals surface area contributed by atoms with Crippen molar-refractivity contribution in [2.75, 3.05) is 0 Å². The first-order valence-electron chi connectivity index (χ1n) is 9.68. The molecule has 1 atom stereocenters. The molecule has 0 bridgehead atoms. The third-order valence-electron chi connectivity index (χ3n) is 4.89. The molecule has 2 rings (SSSR count). The quantitative estimate of drug-likeness (QED) is 0.542. The number of nitrogens with two attached hydrogens (primary N) is 1. The smallest absolute Gasteiger partial charge is 0.0241 e. The minimum absolute atomic E-state index is 0. The van der Waals surface area contributed by atoms with Crippen LogP contribution in [0.5, 0.6) is 0 Å². The standard InChI is InChI=1S/C23H33N.H2O/c1-2-3-4-5-6-7-14-19-22(24)23(20-15-10-8-11-16-20)21-17-12-9-13-18-21;/h8-13,15-18,22-23H,2-7,14,19,24H2,1H3;1H2. The van der Waals surface area contributed by atoms with E-state index in [4.69, 9.17) is 5.73 Å². The van der Waals surface area contributed by atoms with E-state index in [9.17, 15) is 0 Å². The van der Waals surface area contributed by atoms with Gasteiger partial charge in [0.05, 0.1) is 0 Å². The first kappa shape index (κ1) is 21.4. The number of rotatable bonds is 11. The second-order valence-corrected chi connectivity index (χ2v) is 6.87. The molecule has 0 saturated carbocycles. The lowest BCUT2D eigenvalue weighted by Crippen LogP contribution is -2.29. The van der Waals surface area contributed by atoms with Crippen LogP contribution in [0.1, 0.15) is 75.3 Å². The van der Waals surface area contributed by atoms with Crippen LogP contribution in [0.25, 0.3) is 0 Å². The van der Waals surface area contributed by atoms with E-state index in [1.165, 1.54) is 56.1 Å². The molecule has 0 radical (unpaired) electrons. The first-order valence-corrected chi connectivity index (χ1v) is 9.68. The molecule has 2 aromatic rings. The Morgan fingerprint density at radius 3 is 1.60 bits per heavy atom. The minimum Gasteiger partial charge on any atom is -0.412 e. The van der Waals surface area contributed by atoms with Crippen molar-refractivity contribution in [3.63, 3.8) is 0 Å². The molecule has 2 aromatic carbocycles. The second-order valence-electron chi connectivity index (χ2n) is 6.87. The van der Waals surface area contributed by atoms with Crippen LogP contribution in [0.2, 0.25) is 0 Å². The lowest BCUT2D eigenvalue weighted by molar-refractivity contribution is 0.499. The lowest BCUT2D eigenvalue weighted by atomic mass is 9.83. The summed E-state index contributed by atoms with van der Waals surface area (Å²) in [6.07, 6.45) is 10.5. The molecule has 0 saturated heterocycles. The third-order valence-corrected chi connectivity index (χ3v) is 4.89. The highest BCUT2D eigenvalue weighted by Crippen LogP contribution is 2.29. The van der Waals surface area contributed by atoms with Crippen LogP contribution in [0.3, 0.4) is 0 Å². The van der Waals surface area contributed by atoms with Gasteiger partial charge >= 0.3 is 0 Å². The number of hydrogen-bond acceptors (Lipinski definition) is 1. The normalized spacial score (nSPS) is 12.0. The summed E-state index contributed by atoms with van der Waals surface area (Å²) < 4.78 is 0. The zero-order chi connectivity index (χ0) is 17.0. The summed E-state index contributed by atoms with van der Waals surface area (Å²) in [5, 5.41) is 0. The zero-order valence-corrected chi connectivity index (χ0v) is 15.7. The van der Waals surface area contributed by atoms with Crippen LogP contribution in [0.4, 0.5) is 0 Å². The minimum atomic E-state index is 0. The molecule has 0 aromatic heterocycles. The summed E-state index contributed by atoms with van der Waals surface area (Å²) in [7, 11) is 0. The zero-order valence-electron chi connectivity index (χ0n) is 15.7. The van der Waals surface area contributed by atoms with Crippen molar-refractivity contribution in [3.05, 3.63) is 71.8 Å². The SMILES string of the molecule is CCCCCCCCCC(N)C(c1ccccc1)c1ccccc1.O. The Kier molecular flexibility index (Phi) is 10.9. The van der Waals surface area contributed by atoms with Gasteiger partial charge in [-0.25, -0.2) is 0 Å². The molecule has 0 fully saturated rings. The molecule has 4 N–H and O–H groups in total. The van der Waals surface area contributed by atoms with Crippen LogP contribution >= 0.6 is 0 Å². The molecule has 1 unspecified atom stereocenters. The molecule has 2 heteroatoms. The first-order chi connectivity index (χ1) is 11.8. The van der Waals surface area contributed by atoms with E-state index in [0.717, 1.165) is 6.42 Å². The van der Waals surface area contributed by atoms with Gasteiger partial charge in [-0.1, -0.05) is 113 Å². The van der Waals surface area contributed by atoms with Crippen molar-refractivity contribution in [1.29, 1.82) is 0 Å². The van der Waals surface area contributed by atoms with Crippen LogP contribution in [-0.4, -0.2) is 11.5 Å². The van der Waals surface area contributed by atoms with Gasteiger partial charge in [-0.3, -0.25) is 0 Å². The van der Waals surface area contributed by atoms with E-state index in [2.05, 4.69) is 67.6 Å². The van der Waals surface area contributed by atoms with E-state index < -0.39 is 0 Å². The third kappa shape index (κ3) is 7.41. The summed E-state index contributed by atoms with van der Waals surface area (Å²) in [5.74, 6) is 0.299. The summed E-state index contributed by atoms with van der Waals surface area (Å²) in [6, 6.07) is 21.6. The van der Waals surface area contributed by atoms with Gasteiger partial charge < -0.3 is 11.2 Å². The Morgan fingerprint density at radius 1 is 0.680 bits per heavy atom. The van der Waals surface area contributed by atoms with Crippen molar-refractivity contribution < 1.29 is 5.48 Å². The number of hydrogen-bond donors (Lipinski definition) is 1.